The van der Waals surface area contributed by atoms with Crippen LogP contribution >= 0.6 is 0 Å². The Kier molecular flexibility index (Phi) is 4.79. The van der Waals surface area contributed by atoms with Gasteiger partial charge in [0.15, 0.2) is 0 Å². The van der Waals surface area contributed by atoms with E-state index < -0.39 is 5.54 Å². The normalized spacial score (nSPS) is 20.0. The molecule has 1 saturated carbocycles. The Labute approximate surface area is 148 Å². The van der Waals surface area contributed by atoms with Gasteiger partial charge in [0, 0.05) is 20.0 Å². The summed E-state index contributed by atoms with van der Waals surface area (Å²) in [5.74, 6) is -0.245. The van der Waals surface area contributed by atoms with Gasteiger partial charge >= 0.3 is 6.03 Å². The lowest BCUT2D eigenvalue weighted by atomic mass is 9.98. The maximum Gasteiger partial charge on any atom is 0.325 e. The molecule has 1 spiro atoms. The van der Waals surface area contributed by atoms with Crippen LogP contribution in [0, 0.1) is 0 Å². The lowest BCUT2D eigenvalue weighted by Crippen LogP contribution is -2.44. The zero-order chi connectivity index (χ0) is 18.0. The van der Waals surface area contributed by atoms with E-state index in [1.165, 1.54) is 4.90 Å². The third-order valence-electron chi connectivity index (χ3n) is 5.51. The van der Waals surface area contributed by atoms with Crippen molar-refractivity contribution in [2.75, 3.05) is 13.6 Å². The summed E-state index contributed by atoms with van der Waals surface area (Å²) in [5.41, 5.74) is 0.349. The fraction of sp³-hybridized carbons (Fsp3) is 0.526. The first-order chi connectivity index (χ1) is 11.9. The van der Waals surface area contributed by atoms with Gasteiger partial charge in [-0.2, -0.15) is 0 Å². The molecule has 4 amide bonds. The Hall–Kier alpha value is -2.37. The summed E-state index contributed by atoms with van der Waals surface area (Å²) in [6.07, 6.45) is 3.45. The smallest absolute Gasteiger partial charge is 0.325 e. The second-order valence-corrected chi connectivity index (χ2v) is 7.02. The number of carbonyl (C=O) groups is 3. The molecule has 134 valence electrons. The summed E-state index contributed by atoms with van der Waals surface area (Å²) in [6.45, 7) is 2.10. The average molecular weight is 343 g/mol. The van der Waals surface area contributed by atoms with E-state index >= 15 is 0 Å². The van der Waals surface area contributed by atoms with Gasteiger partial charge in [0.2, 0.25) is 5.91 Å². The zero-order valence-corrected chi connectivity index (χ0v) is 14.8. The fourth-order valence-electron chi connectivity index (χ4n) is 3.75. The highest BCUT2D eigenvalue weighted by Gasteiger charge is 2.52. The van der Waals surface area contributed by atoms with E-state index in [0.717, 1.165) is 18.4 Å². The van der Waals surface area contributed by atoms with Crippen LogP contribution in [0.3, 0.4) is 0 Å². The molecule has 0 bridgehead atoms. The molecule has 25 heavy (non-hydrogen) atoms. The van der Waals surface area contributed by atoms with Gasteiger partial charge in [-0.05, 0) is 25.3 Å². The number of hydrogen-bond donors (Lipinski definition) is 1. The number of urea groups is 1. The van der Waals surface area contributed by atoms with Gasteiger partial charge in [-0.25, -0.2) is 4.79 Å². The number of nitrogens with zero attached hydrogens (tertiary/aromatic N) is 2. The van der Waals surface area contributed by atoms with E-state index in [-0.39, 0.29) is 36.9 Å². The number of nitrogens with one attached hydrogen (secondary N) is 1. The summed E-state index contributed by atoms with van der Waals surface area (Å²) >= 11 is 0. The molecule has 0 radical (unpaired) electrons. The lowest BCUT2D eigenvalue weighted by Gasteiger charge is -2.26. The highest BCUT2D eigenvalue weighted by molar-refractivity contribution is 6.07. The molecule has 1 aromatic carbocycles. The molecule has 6 heteroatoms. The number of carbonyl (C=O) groups excluding carboxylic acids is 3. The molecule has 1 aromatic rings. The first-order valence-electron chi connectivity index (χ1n) is 8.89. The van der Waals surface area contributed by atoms with Crippen LogP contribution in [0.25, 0.3) is 0 Å². The van der Waals surface area contributed by atoms with Crippen molar-refractivity contribution in [3.05, 3.63) is 35.9 Å². The molecule has 3 rings (SSSR count). The Balaban J connectivity index is 1.58. The van der Waals surface area contributed by atoms with Gasteiger partial charge < -0.3 is 10.2 Å². The summed E-state index contributed by atoms with van der Waals surface area (Å²) in [7, 11) is 1.75. The van der Waals surface area contributed by atoms with E-state index in [4.69, 9.17) is 0 Å². The summed E-state index contributed by atoms with van der Waals surface area (Å²) in [6, 6.07) is 9.37. The molecule has 1 atom stereocenters. The van der Waals surface area contributed by atoms with E-state index in [2.05, 4.69) is 5.32 Å². The molecule has 2 aliphatic rings. The van der Waals surface area contributed by atoms with Gasteiger partial charge in [-0.1, -0.05) is 43.2 Å². The Bertz CT molecular complexity index is 668. The van der Waals surface area contributed by atoms with Gasteiger partial charge in [-0.15, -0.1) is 0 Å². The molecule has 1 aliphatic heterocycles. The largest absolute Gasteiger partial charge is 0.339 e. The minimum absolute atomic E-state index is 0.0574. The third kappa shape index (κ3) is 3.25. The summed E-state index contributed by atoms with van der Waals surface area (Å²) in [5, 5.41) is 2.84. The highest BCUT2D eigenvalue weighted by atomic mass is 16.2. The van der Waals surface area contributed by atoms with Crippen molar-refractivity contribution in [1.29, 1.82) is 0 Å². The number of imide groups is 1. The van der Waals surface area contributed by atoms with Crippen LogP contribution in [0.15, 0.2) is 30.3 Å². The van der Waals surface area contributed by atoms with Gasteiger partial charge in [0.1, 0.15) is 5.54 Å². The van der Waals surface area contributed by atoms with Crippen LogP contribution in [0.1, 0.15) is 50.6 Å². The Morgan fingerprint density at radius 3 is 2.52 bits per heavy atom. The quantitative estimate of drug-likeness (QED) is 0.835. The van der Waals surface area contributed by atoms with E-state index in [1.54, 1.807) is 11.9 Å². The van der Waals surface area contributed by atoms with Crippen LogP contribution in [0.4, 0.5) is 4.79 Å². The summed E-state index contributed by atoms with van der Waals surface area (Å²) in [4.78, 5) is 40.1. The molecule has 0 aromatic heterocycles. The van der Waals surface area contributed by atoms with Crippen molar-refractivity contribution in [1.82, 2.24) is 15.1 Å². The molecule has 6 nitrogen and oxygen atoms in total. The predicted octanol–water partition coefficient (Wildman–Crippen LogP) is 2.46. The van der Waals surface area contributed by atoms with Crippen molar-refractivity contribution in [3.63, 3.8) is 0 Å². The second-order valence-electron chi connectivity index (χ2n) is 7.02. The summed E-state index contributed by atoms with van der Waals surface area (Å²) < 4.78 is 0. The maximum absolute atomic E-state index is 12.6. The molecular weight excluding hydrogens is 318 g/mol. The molecule has 1 saturated heterocycles. The van der Waals surface area contributed by atoms with Crippen molar-refractivity contribution < 1.29 is 14.4 Å². The van der Waals surface area contributed by atoms with Crippen LogP contribution in [0.2, 0.25) is 0 Å². The first kappa shape index (κ1) is 17.5. The average Bonchev–Trinajstić information content (AvgIpc) is 3.18. The van der Waals surface area contributed by atoms with Gasteiger partial charge in [0.05, 0.1) is 6.04 Å². The molecule has 2 fully saturated rings. The predicted molar refractivity (Wildman–Crippen MR) is 93.7 cm³/mol. The monoisotopic (exact) mass is 343 g/mol. The van der Waals surface area contributed by atoms with Crippen molar-refractivity contribution >= 4 is 17.8 Å². The van der Waals surface area contributed by atoms with Crippen molar-refractivity contribution in [2.24, 2.45) is 0 Å². The Morgan fingerprint density at radius 1 is 1.24 bits per heavy atom. The van der Waals surface area contributed by atoms with Gasteiger partial charge in [-0.3, -0.25) is 14.5 Å². The second kappa shape index (κ2) is 6.86. The molecule has 1 N–H and O–H groups in total. The minimum Gasteiger partial charge on any atom is -0.339 e. The van der Waals surface area contributed by atoms with Crippen molar-refractivity contribution in [3.8, 4) is 0 Å². The Morgan fingerprint density at radius 2 is 1.88 bits per heavy atom. The molecule has 1 aliphatic carbocycles. The molecular formula is C19H25N3O3. The topological polar surface area (TPSA) is 69.7 Å². The van der Waals surface area contributed by atoms with E-state index in [1.807, 2.05) is 37.3 Å². The highest BCUT2D eigenvalue weighted by Crippen LogP contribution is 2.35. The van der Waals surface area contributed by atoms with Crippen molar-refractivity contribution in [2.45, 2.75) is 50.6 Å². The maximum atomic E-state index is 12.6. The SMILES string of the molecule is CC(c1ccccc1)N(C)C(=O)CCN1C(=O)NC2(CCCC2)C1=O. The number of hydrogen-bond acceptors (Lipinski definition) is 3. The standard InChI is InChI=1S/C19H25N3O3/c1-14(15-8-4-3-5-9-15)21(2)16(23)10-13-22-17(24)19(20-18(22)25)11-6-7-12-19/h3-5,8-9,14H,6-7,10-13H2,1-2H3,(H,20,25). The minimum atomic E-state index is -0.705. The fourth-order valence-corrected chi connectivity index (χ4v) is 3.75. The van der Waals surface area contributed by atoms with Gasteiger partial charge in [0.25, 0.3) is 5.91 Å². The first-order valence-corrected chi connectivity index (χ1v) is 8.89. The number of benzene rings is 1. The van der Waals surface area contributed by atoms with Crippen LogP contribution < -0.4 is 5.32 Å². The van der Waals surface area contributed by atoms with E-state index in [0.29, 0.717) is 12.8 Å². The van der Waals surface area contributed by atoms with Crippen LogP contribution in [-0.2, 0) is 9.59 Å². The number of rotatable bonds is 5. The lowest BCUT2D eigenvalue weighted by molar-refractivity contribution is -0.134. The zero-order valence-electron chi connectivity index (χ0n) is 14.8. The van der Waals surface area contributed by atoms with E-state index in [9.17, 15) is 14.4 Å². The molecule has 1 heterocycles. The third-order valence-corrected chi connectivity index (χ3v) is 5.51. The molecule has 1 unspecified atom stereocenters. The van der Waals surface area contributed by atoms with Crippen LogP contribution in [0.5, 0.6) is 0 Å². The number of amides is 4. The van der Waals surface area contributed by atoms with Crippen LogP contribution in [-0.4, -0.2) is 46.8 Å².